The Balaban J connectivity index is 2.39. The molecule has 0 unspecified atom stereocenters. The monoisotopic (exact) mass is 239 g/mol. The molecule has 84 valence electrons. The molecule has 0 spiro atoms. The largest absolute Gasteiger partial charge is 0.367 e. The van der Waals surface area contributed by atoms with E-state index in [4.69, 9.17) is 0 Å². The lowest BCUT2D eigenvalue weighted by Crippen LogP contribution is -1.83. The zero-order chi connectivity index (χ0) is 11.7. The fraction of sp³-hybridized carbons (Fsp3) is 0.0667. The molecule has 2 heteroatoms. The van der Waals surface area contributed by atoms with Gasteiger partial charge in [0.1, 0.15) is 0 Å². The van der Waals surface area contributed by atoms with Gasteiger partial charge in [-0.25, -0.2) is 0 Å². The van der Waals surface area contributed by atoms with Crippen molar-refractivity contribution >= 4 is 22.5 Å². The van der Waals surface area contributed by atoms with Crippen LogP contribution in [0.2, 0.25) is 0 Å². The minimum atomic E-state index is 1.26. The maximum absolute atomic E-state index is 3.13. The standard InChI is InChI=1S/C15H13NS/c1-17-14-7-6-11-4-2-3-5-13(11)15(14)12-8-9-16-10-12/h2-10,16H,1H3. The Labute approximate surface area is 105 Å². The molecule has 2 aromatic carbocycles. The molecule has 0 amide bonds. The van der Waals surface area contributed by atoms with Gasteiger partial charge >= 0.3 is 0 Å². The first-order chi connectivity index (χ1) is 8.40. The third-order valence-electron chi connectivity index (χ3n) is 3.00. The topological polar surface area (TPSA) is 15.8 Å². The van der Waals surface area contributed by atoms with E-state index in [2.05, 4.69) is 59.9 Å². The van der Waals surface area contributed by atoms with Gasteiger partial charge in [0, 0.05) is 28.4 Å². The number of fused-ring (bicyclic) bond motifs is 1. The SMILES string of the molecule is CSc1ccc2ccccc2c1-c1cc[nH]c1. The van der Waals surface area contributed by atoms with Crippen LogP contribution in [-0.2, 0) is 0 Å². The van der Waals surface area contributed by atoms with E-state index in [1.54, 1.807) is 11.8 Å². The van der Waals surface area contributed by atoms with Crippen LogP contribution in [0.1, 0.15) is 0 Å². The molecule has 1 nitrogen and oxygen atoms in total. The number of hydrogen-bond acceptors (Lipinski definition) is 1. The number of benzene rings is 2. The van der Waals surface area contributed by atoms with Crippen LogP contribution in [0.3, 0.4) is 0 Å². The summed E-state index contributed by atoms with van der Waals surface area (Å²) in [6.07, 6.45) is 6.16. The lowest BCUT2D eigenvalue weighted by Gasteiger charge is -2.10. The van der Waals surface area contributed by atoms with Gasteiger partial charge in [-0.15, -0.1) is 11.8 Å². The van der Waals surface area contributed by atoms with E-state index in [0.29, 0.717) is 0 Å². The molecule has 0 bridgehead atoms. The van der Waals surface area contributed by atoms with Crippen LogP contribution in [0, 0.1) is 0 Å². The van der Waals surface area contributed by atoms with Gasteiger partial charge in [-0.1, -0.05) is 30.3 Å². The Kier molecular flexibility index (Phi) is 2.65. The number of rotatable bonds is 2. The van der Waals surface area contributed by atoms with Crippen molar-refractivity contribution in [1.29, 1.82) is 0 Å². The first kappa shape index (κ1) is 10.5. The van der Waals surface area contributed by atoms with Crippen LogP contribution < -0.4 is 0 Å². The van der Waals surface area contributed by atoms with Gasteiger partial charge in [-0.3, -0.25) is 0 Å². The van der Waals surface area contributed by atoms with Crippen LogP contribution in [0.25, 0.3) is 21.9 Å². The highest BCUT2D eigenvalue weighted by atomic mass is 32.2. The summed E-state index contributed by atoms with van der Waals surface area (Å²) in [5.41, 5.74) is 2.59. The van der Waals surface area contributed by atoms with Crippen LogP contribution in [-0.4, -0.2) is 11.2 Å². The molecule has 0 aliphatic carbocycles. The Hall–Kier alpha value is -1.67. The average molecular weight is 239 g/mol. The van der Waals surface area contributed by atoms with Gasteiger partial charge in [-0.05, 0) is 29.2 Å². The summed E-state index contributed by atoms with van der Waals surface area (Å²) < 4.78 is 0. The summed E-state index contributed by atoms with van der Waals surface area (Å²) in [4.78, 5) is 4.46. The molecule has 3 rings (SSSR count). The van der Waals surface area contributed by atoms with Crippen molar-refractivity contribution in [2.45, 2.75) is 4.90 Å². The number of hydrogen-bond donors (Lipinski definition) is 1. The first-order valence-corrected chi connectivity index (χ1v) is 6.81. The van der Waals surface area contributed by atoms with E-state index in [-0.39, 0.29) is 0 Å². The zero-order valence-corrected chi connectivity index (χ0v) is 10.4. The smallest absolute Gasteiger partial charge is 0.0155 e. The molecule has 0 fully saturated rings. The second-order valence-electron chi connectivity index (χ2n) is 3.96. The van der Waals surface area contributed by atoms with E-state index in [0.717, 1.165) is 0 Å². The summed E-state index contributed by atoms with van der Waals surface area (Å²) in [6, 6.07) is 15.1. The molecule has 0 aliphatic heterocycles. The van der Waals surface area contributed by atoms with Crippen molar-refractivity contribution in [3.63, 3.8) is 0 Å². The van der Waals surface area contributed by atoms with Crippen LogP contribution in [0.4, 0.5) is 0 Å². The van der Waals surface area contributed by atoms with Gasteiger partial charge < -0.3 is 4.98 Å². The lowest BCUT2D eigenvalue weighted by molar-refractivity contribution is 1.41. The molecular formula is C15H13NS. The van der Waals surface area contributed by atoms with Crippen molar-refractivity contribution in [2.24, 2.45) is 0 Å². The molecule has 1 N–H and O–H groups in total. The summed E-state index contributed by atoms with van der Waals surface area (Å²) >= 11 is 1.79. The molecule has 0 saturated carbocycles. The molecule has 3 aromatic rings. The van der Waals surface area contributed by atoms with E-state index in [9.17, 15) is 0 Å². The predicted octanol–water partition coefficient (Wildman–Crippen LogP) is 4.56. The minimum Gasteiger partial charge on any atom is -0.367 e. The second kappa shape index (κ2) is 4.30. The van der Waals surface area contributed by atoms with Crippen molar-refractivity contribution in [3.8, 4) is 11.1 Å². The number of aromatic nitrogens is 1. The zero-order valence-electron chi connectivity index (χ0n) is 9.60. The number of aromatic amines is 1. The summed E-state index contributed by atoms with van der Waals surface area (Å²) in [5.74, 6) is 0. The van der Waals surface area contributed by atoms with Crippen LogP contribution in [0.5, 0.6) is 0 Å². The van der Waals surface area contributed by atoms with Gasteiger partial charge in [0.15, 0.2) is 0 Å². The fourth-order valence-electron chi connectivity index (χ4n) is 2.20. The highest BCUT2D eigenvalue weighted by Crippen LogP contribution is 2.36. The van der Waals surface area contributed by atoms with Gasteiger partial charge in [0.25, 0.3) is 0 Å². The van der Waals surface area contributed by atoms with Crippen molar-refractivity contribution in [1.82, 2.24) is 4.98 Å². The maximum Gasteiger partial charge on any atom is 0.0155 e. The van der Waals surface area contributed by atoms with Crippen molar-refractivity contribution in [3.05, 3.63) is 54.9 Å². The molecule has 0 radical (unpaired) electrons. The Morgan fingerprint density at radius 2 is 1.88 bits per heavy atom. The van der Waals surface area contributed by atoms with Crippen LogP contribution in [0.15, 0.2) is 59.8 Å². The van der Waals surface area contributed by atoms with Gasteiger partial charge in [0.05, 0.1) is 0 Å². The summed E-state index contributed by atoms with van der Waals surface area (Å²) in [7, 11) is 0. The van der Waals surface area contributed by atoms with Gasteiger partial charge in [0.2, 0.25) is 0 Å². The second-order valence-corrected chi connectivity index (χ2v) is 4.81. The van der Waals surface area contributed by atoms with Gasteiger partial charge in [-0.2, -0.15) is 0 Å². The Morgan fingerprint density at radius 1 is 1.00 bits per heavy atom. The highest BCUT2D eigenvalue weighted by Gasteiger charge is 2.09. The van der Waals surface area contributed by atoms with E-state index >= 15 is 0 Å². The lowest BCUT2D eigenvalue weighted by atomic mass is 10.0. The quantitative estimate of drug-likeness (QED) is 0.648. The Bertz CT molecular complexity index is 641. The van der Waals surface area contributed by atoms with Crippen LogP contribution >= 0.6 is 11.8 Å². The van der Waals surface area contributed by atoms with Crippen molar-refractivity contribution in [2.75, 3.05) is 6.26 Å². The minimum absolute atomic E-state index is 1.26. The number of thioether (sulfide) groups is 1. The van der Waals surface area contributed by atoms with E-state index in [1.165, 1.54) is 26.8 Å². The molecule has 1 aromatic heterocycles. The average Bonchev–Trinajstić information content (AvgIpc) is 2.91. The number of nitrogens with one attached hydrogen (secondary N) is 1. The molecule has 17 heavy (non-hydrogen) atoms. The molecular weight excluding hydrogens is 226 g/mol. The first-order valence-electron chi connectivity index (χ1n) is 5.59. The normalized spacial score (nSPS) is 10.9. The maximum atomic E-state index is 3.13. The Morgan fingerprint density at radius 3 is 2.65 bits per heavy atom. The summed E-state index contributed by atoms with van der Waals surface area (Å²) in [5, 5.41) is 2.61. The van der Waals surface area contributed by atoms with E-state index in [1.807, 2.05) is 6.20 Å². The van der Waals surface area contributed by atoms with Crippen molar-refractivity contribution < 1.29 is 0 Å². The molecule has 1 heterocycles. The molecule has 0 atom stereocenters. The third kappa shape index (κ3) is 1.75. The molecule has 0 aliphatic rings. The van der Waals surface area contributed by atoms with E-state index < -0.39 is 0 Å². The predicted molar refractivity (Wildman–Crippen MR) is 75.5 cm³/mol. The highest BCUT2D eigenvalue weighted by molar-refractivity contribution is 7.98. The fourth-order valence-corrected chi connectivity index (χ4v) is 2.83. The molecule has 0 saturated heterocycles. The third-order valence-corrected chi connectivity index (χ3v) is 3.78. The summed E-state index contributed by atoms with van der Waals surface area (Å²) in [6.45, 7) is 0. The number of H-pyrrole nitrogens is 1.